The number of hydrogen-bond acceptors (Lipinski definition) is 3. The monoisotopic (exact) mass is 349 g/mol. The molecule has 0 aliphatic heterocycles. The van der Waals surface area contributed by atoms with Crippen LogP contribution in [0.1, 0.15) is 0 Å². The van der Waals surface area contributed by atoms with E-state index >= 15 is 0 Å². The Bertz CT molecular complexity index is 765. The van der Waals surface area contributed by atoms with Crippen LogP contribution in [-0.4, -0.2) is 18.8 Å². The highest BCUT2D eigenvalue weighted by Crippen LogP contribution is 2.25. The molecule has 0 saturated heterocycles. The molecule has 25 heavy (non-hydrogen) atoms. The van der Waals surface area contributed by atoms with Gasteiger partial charge in [-0.15, -0.1) is 11.8 Å². The van der Waals surface area contributed by atoms with E-state index in [1.165, 1.54) is 0 Å². The summed E-state index contributed by atoms with van der Waals surface area (Å²) in [6, 6.07) is 26.9. The number of carbonyl (C=O) groups is 1. The molecule has 0 N–H and O–H groups in total. The van der Waals surface area contributed by atoms with Gasteiger partial charge in [0.2, 0.25) is 0 Å². The largest absolute Gasteiger partial charge is 0.484 e. The molecule has 3 aromatic rings. The lowest BCUT2D eigenvalue weighted by atomic mass is 10.2. The first-order valence-corrected chi connectivity index (χ1v) is 9.20. The molecular weight excluding hydrogens is 330 g/mol. The lowest BCUT2D eigenvalue weighted by Gasteiger charge is -2.23. The van der Waals surface area contributed by atoms with Gasteiger partial charge in [0.1, 0.15) is 5.75 Å². The summed E-state index contributed by atoms with van der Waals surface area (Å²) >= 11 is 1.67. The molecular formula is C21H19NO2S. The summed E-state index contributed by atoms with van der Waals surface area (Å²) in [6.45, 7) is -0.0254. The van der Waals surface area contributed by atoms with E-state index in [0.717, 1.165) is 16.3 Å². The van der Waals surface area contributed by atoms with Crippen molar-refractivity contribution in [2.24, 2.45) is 0 Å². The molecule has 0 radical (unpaired) electrons. The van der Waals surface area contributed by atoms with E-state index in [-0.39, 0.29) is 12.5 Å². The molecule has 0 saturated carbocycles. The van der Waals surface area contributed by atoms with Crippen molar-refractivity contribution in [2.45, 2.75) is 4.90 Å². The average molecular weight is 349 g/mol. The Morgan fingerprint density at radius 3 is 1.84 bits per heavy atom. The van der Waals surface area contributed by atoms with Crippen LogP contribution in [0.3, 0.4) is 0 Å². The highest BCUT2D eigenvalue weighted by Gasteiger charge is 2.18. The van der Waals surface area contributed by atoms with Crippen LogP contribution >= 0.6 is 11.8 Å². The zero-order chi connectivity index (χ0) is 17.5. The SMILES string of the molecule is CSc1ccc(OCC(=O)N(c2ccccc2)c2ccccc2)cc1. The lowest BCUT2D eigenvalue weighted by Crippen LogP contribution is -2.30. The molecule has 126 valence electrons. The first-order chi connectivity index (χ1) is 12.3. The molecule has 0 bridgehead atoms. The van der Waals surface area contributed by atoms with Crippen LogP contribution < -0.4 is 9.64 Å². The number of thioether (sulfide) groups is 1. The number of benzene rings is 3. The van der Waals surface area contributed by atoms with Gasteiger partial charge in [-0.25, -0.2) is 0 Å². The van der Waals surface area contributed by atoms with Crippen LogP contribution in [0, 0.1) is 0 Å². The van der Waals surface area contributed by atoms with Gasteiger partial charge in [0.15, 0.2) is 6.61 Å². The molecule has 0 aliphatic rings. The van der Waals surface area contributed by atoms with Crippen molar-refractivity contribution in [3.05, 3.63) is 84.9 Å². The summed E-state index contributed by atoms with van der Waals surface area (Å²) in [6.07, 6.45) is 2.02. The van der Waals surface area contributed by atoms with Gasteiger partial charge in [-0.3, -0.25) is 9.69 Å². The van der Waals surface area contributed by atoms with Gasteiger partial charge < -0.3 is 4.74 Å². The minimum atomic E-state index is -0.119. The topological polar surface area (TPSA) is 29.5 Å². The number of amides is 1. The number of anilines is 2. The lowest BCUT2D eigenvalue weighted by molar-refractivity contribution is -0.119. The second kappa shape index (κ2) is 8.40. The van der Waals surface area contributed by atoms with E-state index in [1.807, 2.05) is 91.2 Å². The quantitative estimate of drug-likeness (QED) is 0.576. The van der Waals surface area contributed by atoms with E-state index in [0.29, 0.717) is 5.75 Å². The molecule has 0 spiro atoms. The summed E-state index contributed by atoms with van der Waals surface area (Å²) in [4.78, 5) is 15.7. The van der Waals surface area contributed by atoms with Crippen molar-refractivity contribution in [3.63, 3.8) is 0 Å². The van der Waals surface area contributed by atoms with Gasteiger partial charge in [0.25, 0.3) is 5.91 Å². The summed E-state index contributed by atoms with van der Waals surface area (Å²) in [7, 11) is 0. The fourth-order valence-corrected chi connectivity index (χ4v) is 2.88. The molecule has 0 aliphatic carbocycles. The summed E-state index contributed by atoms with van der Waals surface area (Å²) in [5, 5.41) is 0. The zero-order valence-electron chi connectivity index (χ0n) is 14.0. The Morgan fingerprint density at radius 1 is 0.840 bits per heavy atom. The molecule has 0 aromatic heterocycles. The summed E-state index contributed by atoms with van der Waals surface area (Å²) < 4.78 is 5.69. The second-order valence-electron chi connectivity index (χ2n) is 5.36. The van der Waals surface area contributed by atoms with Crippen LogP contribution in [0.5, 0.6) is 5.75 Å². The Balaban J connectivity index is 1.77. The first-order valence-electron chi connectivity index (χ1n) is 7.98. The standard InChI is InChI=1S/C21H19NO2S/c1-25-20-14-12-19(13-15-20)24-16-21(23)22(17-8-4-2-5-9-17)18-10-6-3-7-11-18/h2-15H,16H2,1H3. The maximum absolute atomic E-state index is 12.8. The number of nitrogens with zero attached hydrogens (tertiary/aromatic N) is 1. The third-order valence-electron chi connectivity index (χ3n) is 3.70. The van der Waals surface area contributed by atoms with Gasteiger partial charge >= 0.3 is 0 Å². The normalized spacial score (nSPS) is 10.3. The Labute approximate surface area is 152 Å². The summed E-state index contributed by atoms with van der Waals surface area (Å²) in [5.74, 6) is 0.568. The zero-order valence-corrected chi connectivity index (χ0v) is 14.8. The van der Waals surface area contributed by atoms with Crippen molar-refractivity contribution in [2.75, 3.05) is 17.8 Å². The van der Waals surface area contributed by atoms with E-state index in [1.54, 1.807) is 16.7 Å². The number of carbonyl (C=O) groups excluding carboxylic acids is 1. The molecule has 3 rings (SSSR count). The second-order valence-corrected chi connectivity index (χ2v) is 6.24. The molecule has 3 aromatic carbocycles. The number of hydrogen-bond donors (Lipinski definition) is 0. The van der Waals surface area contributed by atoms with Gasteiger partial charge in [-0.2, -0.15) is 0 Å². The van der Waals surface area contributed by atoms with E-state index < -0.39 is 0 Å². The van der Waals surface area contributed by atoms with Crippen LogP contribution in [-0.2, 0) is 4.79 Å². The minimum Gasteiger partial charge on any atom is -0.484 e. The predicted molar refractivity (Wildman–Crippen MR) is 104 cm³/mol. The predicted octanol–water partition coefficient (Wildman–Crippen LogP) is 5.15. The molecule has 3 nitrogen and oxygen atoms in total. The van der Waals surface area contributed by atoms with Crippen molar-refractivity contribution in [3.8, 4) is 5.75 Å². The van der Waals surface area contributed by atoms with Gasteiger partial charge in [-0.05, 0) is 54.8 Å². The molecule has 0 unspecified atom stereocenters. The van der Waals surface area contributed by atoms with Crippen LogP contribution in [0.15, 0.2) is 89.8 Å². The number of rotatable bonds is 6. The van der Waals surface area contributed by atoms with Crippen LogP contribution in [0.25, 0.3) is 0 Å². The van der Waals surface area contributed by atoms with Crippen molar-refractivity contribution in [1.29, 1.82) is 0 Å². The summed E-state index contributed by atoms with van der Waals surface area (Å²) in [5.41, 5.74) is 1.64. The Kier molecular flexibility index (Phi) is 5.75. The highest BCUT2D eigenvalue weighted by atomic mass is 32.2. The molecule has 4 heteroatoms. The maximum Gasteiger partial charge on any atom is 0.269 e. The minimum absolute atomic E-state index is 0.0254. The van der Waals surface area contributed by atoms with E-state index in [2.05, 4.69) is 0 Å². The smallest absolute Gasteiger partial charge is 0.269 e. The van der Waals surface area contributed by atoms with Gasteiger partial charge in [-0.1, -0.05) is 36.4 Å². The highest BCUT2D eigenvalue weighted by molar-refractivity contribution is 7.98. The number of ether oxygens (including phenoxy) is 1. The van der Waals surface area contributed by atoms with Crippen molar-refractivity contribution in [1.82, 2.24) is 0 Å². The average Bonchev–Trinajstić information content (AvgIpc) is 2.69. The third-order valence-corrected chi connectivity index (χ3v) is 4.44. The fraction of sp³-hybridized carbons (Fsp3) is 0.0952. The van der Waals surface area contributed by atoms with Crippen LogP contribution in [0.4, 0.5) is 11.4 Å². The van der Waals surface area contributed by atoms with E-state index in [9.17, 15) is 4.79 Å². The number of para-hydroxylation sites is 2. The van der Waals surface area contributed by atoms with Crippen LogP contribution in [0.2, 0.25) is 0 Å². The third kappa shape index (κ3) is 4.43. The van der Waals surface area contributed by atoms with Crippen molar-refractivity contribution < 1.29 is 9.53 Å². The molecule has 1 amide bonds. The maximum atomic E-state index is 12.8. The molecule has 0 fully saturated rings. The van der Waals surface area contributed by atoms with E-state index in [4.69, 9.17) is 4.74 Å². The first kappa shape index (κ1) is 17.1. The Morgan fingerprint density at radius 2 is 1.36 bits per heavy atom. The van der Waals surface area contributed by atoms with Gasteiger partial charge in [0.05, 0.1) is 0 Å². The Hall–Kier alpha value is -2.72. The molecule has 0 atom stereocenters. The molecule has 0 heterocycles. The van der Waals surface area contributed by atoms with Gasteiger partial charge in [0, 0.05) is 16.3 Å². The van der Waals surface area contributed by atoms with Crippen molar-refractivity contribution >= 4 is 29.0 Å². The fourth-order valence-electron chi connectivity index (χ4n) is 2.47.